The van der Waals surface area contributed by atoms with Crippen LogP contribution in [0.25, 0.3) is 0 Å². The maximum atomic E-state index is 13.5. The molecule has 3 aliphatic heterocycles. The predicted octanol–water partition coefficient (Wildman–Crippen LogP) is 13.1. The molecule has 3 heterocycles. The van der Waals surface area contributed by atoms with E-state index in [-0.39, 0.29) is 18.9 Å². The number of hydrogen-bond donors (Lipinski definition) is 12. The number of allylic oxidation sites excluding steroid dienone is 19. The zero-order valence-corrected chi connectivity index (χ0v) is 62.5. The highest BCUT2D eigenvalue weighted by atomic mass is 16.8. The van der Waals surface area contributed by atoms with Crippen molar-refractivity contribution in [2.75, 3.05) is 26.4 Å². The van der Waals surface area contributed by atoms with Crippen molar-refractivity contribution in [2.45, 2.75) is 369 Å². The van der Waals surface area contributed by atoms with Crippen LogP contribution in [0.3, 0.4) is 0 Å². The molecule has 0 aromatic rings. The Morgan fingerprint density at radius 3 is 1.06 bits per heavy atom. The van der Waals surface area contributed by atoms with Crippen molar-refractivity contribution in [1.29, 1.82) is 0 Å². The van der Waals surface area contributed by atoms with E-state index in [9.17, 15) is 61.0 Å². The first-order chi connectivity index (χ1) is 49.8. The fourth-order valence-corrected chi connectivity index (χ4v) is 12.7. The minimum absolute atomic E-state index is 0.223. The average Bonchev–Trinajstić information content (AvgIpc) is 0.781. The summed E-state index contributed by atoms with van der Waals surface area (Å²) in [6, 6.07) is -0.990. The average molecular weight is 1440 g/mol. The van der Waals surface area contributed by atoms with Crippen LogP contribution in [0.15, 0.2) is 122 Å². The molecule has 19 heteroatoms. The number of carbonyl (C=O) groups is 1. The first-order valence-corrected chi connectivity index (χ1v) is 39.8. The number of unbranched alkanes of at least 4 members (excludes halogenated alkanes) is 27. The van der Waals surface area contributed by atoms with Gasteiger partial charge in [0, 0.05) is 6.42 Å². The van der Waals surface area contributed by atoms with Gasteiger partial charge in [-0.05, 0) is 89.9 Å². The predicted molar refractivity (Wildman–Crippen MR) is 406 cm³/mol. The van der Waals surface area contributed by atoms with E-state index in [2.05, 4.69) is 129 Å². The molecule has 19 nitrogen and oxygen atoms in total. The van der Waals surface area contributed by atoms with Crippen molar-refractivity contribution < 1.29 is 89.4 Å². The van der Waals surface area contributed by atoms with Gasteiger partial charge in [-0.15, -0.1) is 0 Å². The van der Waals surface area contributed by atoms with Crippen molar-refractivity contribution in [2.24, 2.45) is 0 Å². The third kappa shape index (κ3) is 41.9. The monoisotopic (exact) mass is 1440 g/mol. The molecule has 0 spiro atoms. The minimum atomic E-state index is -1.99. The molecule has 17 unspecified atom stereocenters. The van der Waals surface area contributed by atoms with Crippen molar-refractivity contribution in [1.82, 2.24) is 5.32 Å². The van der Waals surface area contributed by atoms with Crippen LogP contribution < -0.4 is 5.32 Å². The van der Waals surface area contributed by atoms with Crippen LogP contribution in [-0.4, -0.2) is 193 Å². The standard InChI is InChI=1S/C83H141NO18/c1-3-5-7-9-11-13-15-17-19-21-23-25-27-28-29-30-31-32-33-34-35-36-37-38-39-41-43-45-47-49-51-53-55-57-59-61-71(89)84-66(67(88)60-58-56-54-52-50-48-46-44-42-40-26-24-22-20-18-16-14-12-10-8-6-4-2)65-97-81-77(95)74(92)79(69(63-86)99-81)102-83-78(96)75(93)80(70(64-87)100-83)101-82-76(94)73(91)72(90)68(62-85)98-82/h5,7,11,13,17,19,23,25,28-29,31-32,34-35,37-38,41,43,58,60,66-70,72-83,85-88,90-96H,3-4,6,8-10,12,14-16,18,20-22,24,26-27,30,33,36,39-40,42,44-57,59,61-65H2,1-2H3,(H,84,89)/b7-5-,13-11-,19-17-,25-23-,29-28-,32-31-,35-34-,38-37-,43-41-,60-58+. The minimum Gasteiger partial charge on any atom is -0.394 e. The Morgan fingerprint density at radius 1 is 0.363 bits per heavy atom. The van der Waals surface area contributed by atoms with Gasteiger partial charge in [-0.25, -0.2) is 0 Å². The molecular formula is C83H141NO18. The number of amides is 1. The molecule has 102 heavy (non-hydrogen) atoms. The van der Waals surface area contributed by atoms with Gasteiger partial charge in [-0.1, -0.05) is 289 Å². The number of hydrogen-bond acceptors (Lipinski definition) is 18. The van der Waals surface area contributed by atoms with Gasteiger partial charge in [0.25, 0.3) is 0 Å². The number of nitrogens with one attached hydrogen (secondary N) is 1. The van der Waals surface area contributed by atoms with E-state index in [0.29, 0.717) is 6.42 Å². The zero-order valence-electron chi connectivity index (χ0n) is 62.5. The van der Waals surface area contributed by atoms with E-state index >= 15 is 0 Å². The van der Waals surface area contributed by atoms with E-state index in [4.69, 9.17) is 28.4 Å². The van der Waals surface area contributed by atoms with E-state index < -0.39 is 124 Å². The Bertz CT molecular complexity index is 2320. The van der Waals surface area contributed by atoms with Gasteiger partial charge in [0.05, 0.1) is 38.6 Å². The summed E-state index contributed by atoms with van der Waals surface area (Å²) in [5, 5.41) is 121. The van der Waals surface area contributed by atoms with Crippen LogP contribution in [0.2, 0.25) is 0 Å². The van der Waals surface area contributed by atoms with Gasteiger partial charge >= 0.3 is 0 Å². The molecule has 17 atom stereocenters. The second-order valence-electron chi connectivity index (χ2n) is 27.8. The molecular weight excluding hydrogens is 1300 g/mol. The molecule has 3 saturated heterocycles. The Labute approximate surface area is 614 Å². The lowest BCUT2D eigenvalue weighted by atomic mass is 9.96. The first kappa shape index (κ1) is 92.4. The molecule has 12 N–H and O–H groups in total. The summed E-state index contributed by atoms with van der Waals surface area (Å²) in [5.41, 5.74) is 0. The number of ether oxygens (including phenoxy) is 6. The maximum Gasteiger partial charge on any atom is 0.220 e. The van der Waals surface area contributed by atoms with Gasteiger partial charge in [0.15, 0.2) is 18.9 Å². The summed E-state index contributed by atoms with van der Waals surface area (Å²) in [6.07, 6.45) is 60.2. The molecule has 3 fully saturated rings. The summed E-state index contributed by atoms with van der Waals surface area (Å²) in [4.78, 5) is 13.5. The second-order valence-corrected chi connectivity index (χ2v) is 27.8. The molecule has 586 valence electrons. The van der Waals surface area contributed by atoms with Crippen LogP contribution in [0.5, 0.6) is 0 Å². The van der Waals surface area contributed by atoms with Crippen molar-refractivity contribution in [3.8, 4) is 0 Å². The summed E-state index contributed by atoms with van der Waals surface area (Å²) >= 11 is 0. The summed E-state index contributed by atoms with van der Waals surface area (Å²) in [6.45, 7) is 1.62. The van der Waals surface area contributed by atoms with Gasteiger partial charge in [-0.2, -0.15) is 0 Å². The van der Waals surface area contributed by atoms with E-state index in [1.807, 2.05) is 6.08 Å². The molecule has 0 aromatic heterocycles. The fourth-order valence-electron chi connectivity index (χ4n) is 12.7. The Hall–Kier alpha value is -3.81. The van der Waals surface area contributed by atoms with Gasteiger partial charge in [0.1, 0.15) is 73.2 Å². The normalized spacial score (nSPS) is 26.9. The smallest absolute Gasteiger partial charge is 0.220 e. The highest BCUT2D eigenvalue weighted by Gasteiger charge is 2.53. The molecule has 3 rings (SSSR count). The summed E-state index contributed by atoms with van der Waals surface area (Å²) in [7, 11) is 0. The molecule has 3 aliphatic rings. The highest BCUT2D eigenvalue weighted by molar-refractivity contribution is 5.76. The molecule has 0 aromatic carbocycles. The van der Waals surface area contributed by atoms with Crippen molar-refractivity contribution in [3.63, 3.8) is 0 Å². The van der Waals surface area contributed by atoms with Crippen molar-refractivity contribution in [3.05, 3.63) is 122 Å². The topological polar surface area (TPSA) is 307 Å². The quantitative estimate of drug-likeness (QED) is 0.0199. The fraction of sp³-hybridized carbons (Fsp3) is 0.747. The van der Waals surface area contributed by atoms with Crippen LogP contribution in [0.1, 0.15) is 264 Å². The SMILES string of the molecule is CC/C=C\C/C=C\C/C=C\C/C=C\C/C=C\C/C=C\C/C=C\C/C=C\C/C=C\CCCCCCCCCC(=O)NC(COC1OC(CO)C(OC2OC(CO)C(OC3OC(CO)C(O)C(O)C3O)C(O)C2O)C(O)C1O)C(O)/C=C/CCCCCCCCCCCCCCCCCCCCCC. The Morgan fingerprint density at radius 2 is 0.676 bits per heavy atom. The number of carbonyl (C=O) groups excluding carboxylic acids is 1. The summed E-state index contributed by atoms with van der Waals surface area (Å²) < 4.78 is 34.4. The lowest BCUT2D eigenvalue weighted by Gasteiger charge is -2.48. The van der Waals surface area contributed by atoms with E-state index in [1.165, 1.54) is 109 Å². The van der Waals surface area contributed by atoms with Gasteiger partial charge < -0.3 is 89.9 Å². The Kier molecular flexibility index (Phi) is 56.4. The van der Waals surface area contributed by atoms with Crippen LogP contribution in [0.4, 0.5) is 0 Å². The molecule has 1 amide bonds. The van der Waals surface area contributed by atoms with E-state index in [0.717, 1.165) is 128 Å². The van der Waals surface area contributed by atoms with Gasteiger partial charge in [0.2, 0.25) is 5.91 Å². The second kappa shape index (κ2) is 62.3. The number of rotatable bonds is 61. The molecule has 0 saturated carbocycles. The molecule has 0 radical (unpaired) electrons. The lowest BCUT2D eigenvalue weighted by molar-refractivity contribution is -0.379. The summed E-state index contributed by atoms with van der Waals surface area (Å²) in [5.74, 6) is -0.290. The third-order valence-corrected chi connectivity index (χ3v) is 19.0. The zero-order chi connectivity index (χ0) is 73.9. The van der Waals surface area contributed by atoms with Gasteiger partial charge in [-0.3, -0.25) is 4.79 Å². The molecule has 0 aliphatic carbocycles. The lowest BCUT2D eigenvalue weighted by Crippen LogP contribution is -2.66. The Balaban J connectivity index is 1.39. The maximum absolute atomic E-state index is 13.5. The van der Waals surface area contributed by atoms with E-state index in [1.54, 1.807) is 6.08 Å². The first-order valence-electron chi connectivity index (χ1n) is 39.8. The van der Waals surface area contributed by atoms with Crippen LogP contribution >= 0.6 is 0 Å². The van der Waals surface area contributed by atoms with Crippen LogP contribution in [-0.2, 0) is 33.2 Å². The number of aliphatic hydroxyl groups is 11. The van der Waals surface area contributed by atoms with Crippen LogP contribution in [0, 0.1) is 0 Å². The largest absolute Gasteiger partial charge is 0.394 e. The number of aliphatic hydroxyl groups excluding tert-OH is 11. The third-order valence-electron chi connectivity index (χ3n) is 19.0. The highest BCUT2D eigenvalue weighted by Crippen LogP contribution is 2.33. The van der Waals surface area contributed by atoms with Crippen molar-refractivity contribution >= 4 is 5.91 Å². The molecule has 0 bridgehead atoms.